The van der Waals surface area contributed by atoms with E-state index in [1.54, 1.807) is 18.2 Å². The Morgan fingerprint density at radius 2 is 2.07 bits per heavy atom. The lowest BCUT2D eigenvalue weighted by Crippen LogP contribution is -2.19. The van der Waals surface area contributed by atoms with E-state index in [-0.39, 0.29) is 5.91 Å². The van der Waals surface area contributed by atoms with Crippen molar-refractivity contribution in [1.82, 2.24) is 5.32 Å². The van der Waals surface area contributed by atoms with Crippen LogP contribution in [0.1, 0.15) is 25.0 Å². The van der Waals surface area contributed by atoms with Gasteiger partial charge < -0.3 is 14.8 Å². The van der Waals surface area contributed by atoms with Gasteiger partial charge in [0.05, 0.1) is 21.7 Å². The van der Waals surface area contributed by atoms with Gasteiger partial charge in [0.15, 0.2) is 16.7 Å². The molecule has 0 bridgehead atoms. The number of hydrogen-bond donors (Lipinski definition) is 1. The topological polar surface area (TPSA) is 77.0 Å². The summed E-state index contributed by atoms with van der Waals surface area (Å²) in [4.78, 5) is 28.8. The number of para-hydroxylation sites is 1. The lowest BCUT2D eigenvalue weighted by atomic mass is 10.2. The molecule has 0 unspecified atom stereocenters. The number of carbonyl (C=O) groups excluding carboxylic acids is 2. The predicted octanol–water partition coefficient (Wildman–Crippen LogP) is 4.97. The van der Waals surface area contributed by atoms with E-state index in [0.717, 1.165) is 16.8 Å². The molecule has 150 valence electrons. The highest BCUT2D eigenvalue weighted by atomic mass is 79.9. The van der Waals surface area contributed by atoms with Crippen molar-refractivity contribution >= 4 is 56.5 Å². The highest BCUT2D eigenvalue weighted by Gasteiger charge is 2.24. The summed E-state index contributed by atoms with van der Waals surface area (Å²) >= 11 is 4.67. The number of hydrogen-bond acceptors (Lipinski definition) is 6. The van der Waals surface area contributed by atoms with E-state index in [2.05, 4.69) is 26.2 Å². The van der Waals surface area contributed by atoms with Gasteiger partial charge in [0.1, 0.15) is 0 Å². The molecule has 0 radical (unpaired) electrons. The molecule has 2 aromatic rings. The Morgan fingerprint density at radius 3 is 2.76 bits per heavy atom. The van der Waals surface area contributed by atoms with Crippen LogP contribution in [0.2, 0.25) is 0 Å². The number of rotatable bonds is 5. The fraction of sp³-hybridized carbons (Fsp3) is 0.190. The molecule has 1 aliphatic rings. The van der Waals surface area contributed by atoms with E-state index in [1.165, 1.54) is 18.7 Å². The summed E-state index contributed by atoms with van der Waals surface area (Å²) in [6.07, 6.45) is 1.74. The molecule has 0 aliphatic carbocycles. The maximum absolute atomic E-state index is 12.4. The molecule has 1 heterocycles. The van der Waals surface area contributed by atoms with Crippen molar-refractivity contribution in [2.45, 2.75) is 20.8 Å². The van der Waals surface area contributed by atoms with E-state index in [1.807, 2.05) is 38.1 Å². The Balaban J connectivity index is 1.90. The van der Waals surface area contributed by atoms with Gasteiger partial charge in [0.25, 0.3) is 5.91 Å². The summed E-state index contributed by atoms with van der Waals surface area (Å²) in [6, 6.07) is 11.2. The van der Waals surface area contributed by atoms with Crippen LogP contribution in [0.5, 0.6) is 11.5 Å². The summed E-state index contributed by atoms with van der Waals surface area (Å²) in [5.74, 6) is 0.0639. The molecule has 1 amide bonds. The van der Waals surface area contributed by atoms with Crippen LogP contribution in [-0.4, -0.2) is 23.7 Å². The van der Waals surface area contributed by atoms with E-state index < -0.39 is 5.97 Å². The molecule has 0 aromatic heterocycles. The van der Waals surface area contributed by atoms with Crippen molar-refractivity contribution in [3.63, 3.8) is 0 Å². The lowest BCUT2D eigenvalue weighted by Gasteiger charge is -2.12. The van der Waals surface area contributed by atoms with Crippen LogP contribution >= 0.6 is 27.7 Å². The summed E-state index contributed by atoms with van der Waals surface area (Å²) in [5.41, 5.74) is 2.56. The minimum Gasteiger partial charge on any atom is -0.490 e. The predicted molar refractivity (Wildman–Crippen MR) is 119 cm³/mol. The van der Waals surface area contributed by atoms with Gasteiger partial charge in [-0.05, 0) is 76.9 Å². The Labute approximate surface area is 181 Å². The van der Waals surface area contributed by atoms with Gasteiger partial charge in [-0.25, -0.2) is 4.99 Å². The Bertz CT molecular complexity index is 1030. The Kier molecular flexibility index (Phi) is 6.76. The zero-order valence-electron chi connectivity index (χ0n) is 16.1. The molecule has 1 fully saturated rings. The first-order valence-corrected chi connectivity index (χ1v) is 10.5. The van der Waals surface area contributed by atoms with Gasteiger partial charge >= 0.3 is 5.97 Å². The first kappa shape index (κ1) is 21.1. The molecule has 1 saturated heterocycles. The standard InChI is InChI=1S/C21H19BrN2O4S/c1-4-27-17-10-14(9-15(22)19(17)28-13(3)25)11-18-20(26)24-21(29-18)23-16-8-6-5-7-12(16)2/h5-11H,4H2,1-3H3,(H,23,24,26). The second-order valence-electron chi connectivity index (χ2n) is 6.12. The van der Waals surface area contributed by atoms with Crippen molar-refractivity contribution in [1.29, 1.82) is 0 Å². The smallest absolute Gasteiger partial charge is 0.308 e. The van der Waals surface area contributed by atoms with Crippen LogP contribution in [0.15, 0.2) is 50.8 Å². The van der Waals surface area contributed by atoms with Crippen LogP contribution in [0.3, 0.4) is 0 Å². The molecule has 2 aromatic carbocycles. The van der Waals surface area contributed by atoms with Crippen molar-refractivity contribution in [3.8, 4) is 11.5 Å². The molecule has 8 heteroatoms. The van der Waals surface area contributed by atoms with Gasteiger partial charge in [-0.15, -0.1) is 0 Å². The largest absolute Gasteiger partial charge is 0.490 e. The van der Waals surface area contributed by atoms with E-state index in [0.29, 0.717) is 32.7 Å². The molecule has 3 rings (SSSR count). The fourth-order valence-corrected chi connectivity index (χ4v) is 3.98. The third-order valence-electron chi connectivity index (χ3n) is 3.86. The molecule has 0 saturated carbocycles. The maximum Gasteiger partial charge on any atom is 0.308 e. The van der Waals surface area contributed by atoms with Crippen molar-refractivity contribution in [2.75, 3.05) is 6.61 Å². The number of aliphatic imine (C=N–C) groups is 1. The molecule has 1 aliphatic heterocycles. The van der Waals surface area contributed by atoms with Gasteiger partial charge in [-0.1, -0.05) is 18.2 Å². The number of esters is 1. The van der Waals surface area contributed by atoms with E-state index >= 15 is 0 Å². The summed E-state index contributed by atoms with van der Waals surface area (Å²) < 4.78 is 11.4. The first-order valence-electron chi connectivity index (χ1n) is 8.87. The van der Waals surface area contributed by atoms with Crippen LogP contribution in [-0.2, 0) is 9.59 Å². The van der Waals surface area contributed by atoms with Gasteiger partial charge in [0, 0.05) is 6.92 Å². The van der Waals surface area contributed by atoms with Crippen molar-refractivity contribution < 1.29 is 19.1 Å². The SMILES string of the molecule is CCOc1cc(C=C2SC(=Nc3ccccc3C)NC2=O)cc(Br)c1OC(C)=O. The summed E-state index contributed by atoms with van der Waals surface area (Å²) in [7, 11) is 0. The van der Waals surface area contributed by atoms with Gasteiger partial charge in [0.2, 0.25) is 0 Å². The van der Waals surface area contributed by atoms with Crippen molar-refractivity contribution in [3.05, 3.63) is 56.9 Å². The van der Waals surface area contributed by atoms with Gasteiger partial charge in [-0.2, -0.15) is 0 Å². The average molecular weight is 475 g/mol. The molecule has 6 nitrogen and oxygen atoms in total. The van der Waals surface area contributed by atoms with Crippen molar-refractivity contribution in [2.24, 2.45) is 4.99 Å². The highest BCUT2D eigenvalue weighted by Crippen LogP contribution is 2.38. The molecule has 0 atom stereocenters. The fourth-order valence-electron chi connectivity index (χ4n) is 2.61. The number of thioether (sulfide) groups is 1. The molecule has 29 heavy (non-hydrogen) atoms. The Morgan fingerprint density at radius 1 is 1.31 bits per heavy atom. The Hall–Kier alpha value is -2.58. The second kappa shape index (κ2) is 9.28. The van der Waals surface area contributed by atoms with Crippen LogP contribution in [0.4, 0.5) is 5.69 Å². The number of carbonyl (C=O) groups is 2. The van der Waals surface area contributed by atoms with Crippen LogP contribution in [0, 0.1) is 6.92 Å². The number of nitrogens with zero attached hydrogens (tertiary/aromatic N) is 1. The van der Waals surface area contributed by atoms with Crippen LogP contribution < -0.4 is 14.8 Å². The zero-order chi connectivity index (χ0) is 21.0. The normalized spacial score (nSPS) is 16.2. The van der Waals surface area contributed by atoms with E-state index in [9.17, 15) is 9.59 Å². The lowest BCUT2D eigenvalue weighted by molar-refractivity contribution is -0.132. The third-order valence-corrected chi connectivity index (χ3v) is 5.36. The van der Waals surface area contributed by atoms with Gasteiger partial charge in [-0.3, -0.25) is 9.59 Å². The highest BCUT2D eigenvalue weighted by molar-refractivity contribution is 9.10. The molecular weight excluding hydrogens is 456 g/mol. The number of nitrogens with one attached hydrogen (secondary N) is 1. The second-order valence-corrected chi connectivity index (χ2v) is 8.01. The third kappa shape index (κ3) is 5.27. The monoisotopic (exact) mass is 474 g/mol. The maximum atomic E-state index is 12.4. The van der Waals surface area contributed by atoms with Crippen LogP contribution in [0.25, 0.3) is 6.08 Å². The van der Waals surface area contributed by atoms with E-state index in [4.69, 9.17) is 9.47 Å². The quantitative estimate of drug-likeness (QED) is 0.375. The number of amidine groups is 1. The minimum atomic E-state index is -0.444. The first-order chi connectivity index (χ1) is 13.9. The number of halogens is 1. The minimum absolute atomic E-state index is 0.222. The summed E-state index contributed by atoms with van der Waals surface area (Å²) in [5, 5.41) is 3.31. The molecular formula is C21H19BrN2O4S. The summed E-state index contributed by atoms with van der Waals surface area (Å²) in [6.45, 7) is 5.54. The number of benzene rings is 2. The zero-order valence-corrected chi connectivity index (χ0v) is 18.5. The molecule has 1 N–H and O–H groups in total. The number of amides is 1. The number of ether oxygens (including phenoxy) is 2. The number of aryl methyl sites for hydroxylation is 1. The average Bonchev–Trinajstić information content (AvgIpc) is 2.99. The molecule has 0 spiro atoms.